The molecule has 3 saturated heterocycles. The van der Waals surface area contributed by atoms with E-state index in [1.54, 1.807) is 18.1 Å². The van der Waals surface area contributed by atoms with Crippen molar-refractivity contribution in [3.05, 3.63) is 106 Å². The van der Waals surface area contributed by atoms with Crippen molar-refractivity contribution in [1.29, 1.82) is 0 Å². The molecule has 5 aromatic rings. The highest BCUT2D eigenvalue weighted by atomic mass is 16.5. The smallest absolute Gasteiger partial charge is 0.255 e. The zero-order valence-corrected chi connectivity index (χ0v) is 33.0. The molecule has 0 saturated carbocycles. The quantitative estimate of drug-likeness (QED) is 0.171. The maximum absolute atomic E-state index is 13.2. The maximum Gasteiger partial charge on any atom is 0.255 e. The van der Waals surface area contributed by atoms with Crippen LogP contribution in [-0.2, 0) is 34.8 Å². The van der Waals surface area contributed by atoms with Gasteiger partial charge in [0.2, 0.25) is 17.8 Å². The number of amides is 3. The average Bonchev–Trinajstić information content (AvgIpc) is 3.73. The van der Waals surface area contributed by atoms with Crippen molar-refractivity contribution in [2.75, 3.05) is 43.5 Å². The summed E-state index contributed by atoms with van der Waals surface area (Å²) in [5.41, 5.74) is 7.45. The summed E-state index contributed by atoms with van der Waals surface area (Å²) in [5, 5.41) is 22.4. The predicted molar refractivity (Wildman–Crippen MR) is 218 cm³/mol. The number of likely N-dealkylation sites (tertiary alicyclic amines) is 1. The number of methoxy groups -OCH3 is 1. The number of carbonyl (C=O) groups is 3. The highest BCUT2D eigenvalue weighted by Gasteiger charge is 2.41. The monoisotopic (exact) mass is 783 g/mol. The molecule has 58 heavy (non-hydrogen) atoms. The number of benzene rings is 3. The SMILES string of the molecule is COc1ccc(Cn2nc(C)c3nc(NC4CCN(c5ccc(CN6CCC(O)(c7ccc8c(c7)CN(C7CCC(=O)NC7=O)C8=O)CC6)cc5)CC4)ncc32)cc1. The van der Waals surface area contributed by atoms with E-state index >= 15 is 0 Å². The Morgan fingerprint density at radius 1 is 0.914 bits per heavy atom. The fourth-order valence-electron chi connectivity index (χ4n) is 8.98. The van der Waals surface area contributed by atoms with Gasteiger partial charge < -0.3 is 25.0 Å². The highest BCUT2D eigenvalue weighted by molar-refractivity contribution is 6.05. The van der Waals surface area contributed by atoms with E-state index in [2.05, 4.69) is 49.7 Å². The van der Waals surface area contributed by atoms with Crippen molar-refractivity contribution in [2.45, 2.75) is 82.8 Å². The number of rotatable bonds is 10. The first kappa shape index (κ1) is 37.7. The van der Waals surface area contributed by atoms with Crippen LogP contribution in [0.2, 0.25) is 0 Å². The Hall–Kier alpha value is -5.86. The number of aryl methyl sites for hydroxylation is 1. The van der Waals surface area contributed by atoms with E-state index in [-0.39, 0.29) is 24.3 Å². The predicted octanol–water partition coefficient (Wildman–Crippen LogP) is 4.52. The largest absolute Gasteiger partial charge is 0.497 e. The summed E-state index contributed by atoms with van der Waals surface area (Å²) in [4.78, 5) is 53.2. The number of fused-ring (bicyclic) bond motifs is 2. The molecule has 2 aromatic heterocycles. The van der Waals surface area contributed by atoms with Crippen LogP contribution in [0.1, 0.15) is 76.8 Å². The van der Waals surface area contributed by atoms with Crippen LogP contribution in [0.25, 0.3) is 11.0 Å². The van der Waals surface area contributed by atoms with Gasteiger partial charge in [-0.15, -0.1) is 0 Å². The van der Waals surface area contributed by atoms with Gasteiger partial charge in [-0.3, -0.25) is 29.3 Å². The molecule has 1 atom stereocenters. The topological polar surface area (TPSA) is 158 Å². The molecule has 0 bridgehead atoms. The maximum atomic E-state index is 13.2. The first-order valence-corrected chi connectivity index (χ1v) is 20.3. The zero-order valence-electron chi connectivity index (χ0n) is 33.0. The zero-order chi connectivity index (χ0) is 40.0. The molecule has 4 aliphatic rings. The second-order valence-corrected chi connectivity index (χ2v) is 16.2. The Labute approximate surface area is 337 Å². The molecule has 14 nitrogen and oxygen atoms in total. The van der Waals surface area contributed by atoms with E-state index in [4.69, 9.17) is 14.8 Å². The molecule has 0 radical (unpaired) electrons. The lowest BCUT2D eigenvalue weighted by Gasteiger charge is -2.39. The first-order valence-electron chi connectivity index (χ1n) is 20.3. The lowest BCUT2D eigenvalue weighted by molar-refractivity contribution is -0.136. The molecule has 3 aromatic carbocycles. The second-order valence-electron chi connectivity index (χ2n) is 16.2. The van der Waals surface area contributed by atoms with Gasteiger partial charge in [0.1, 0.15) is 22.8 Å². The molecule has 3 amide bonds. The number of anilines is 2. The van der Waals surface area contributed by atoms with Gasteiger partial charge in [-0.25, -0.2) is 9.97 Å². The van der Waals surface area contributed by atoms with Gasteiger partial charge in [0.25, 0.3) is 5.91 Å². The summed E-state index contributed by atoms with van der Waals surface area (Å²) >= 11 is 0. The molecule has 3 N–H and O–H groups in total. The van der Waals surface area contributed by atoms with Crippen LogP contribution >= 0.6 is 0 Å². The molecule has 3 fully saturated rings. The minimum Gasteiger partial charge on any atom is -0.497 e. The van der Waals surface area contributed by atoms with Crippen molar-refractivity contribution < 1.29 is 24.2 Å². The average molecular weight is 784 g/mol. The van der Waals surface area contributed by atoms with Gasteiger partial charge in [-0.2, -0.15) is 5.10 Å². The number of aliphatic hydroxyl groups is 1. The van der Waals surface area contributed by atoms with Crippen molar-refractivity contribution >= 4 is 40.4 Å². The van der Waals surface area contributed by atoms with Gasteiger partial charge in [0, 0.05) is 63.0 Å². The Morgan fingerprint density at radius 3 is 2.36 bits per heavy atom. The van der Waals surface area contributed by atoms with Crippen LogP contribution in [0.5, 0.6) is 5.75 Å². The number of imide groups is 1. The number of hydrogen-bond acceptors (Lipinski definition) is 11. The summed E-state index contributed by atoms with van der Waals surface area (Å²) in [6, 6.07) is 22.1. The molecular formula is C44H49N9O5. The lowest BCUT2D eigenvalue weighted by Crippen LogP contribution is -2.52. The summed E-state index contributed by atoms with van der Waals surface area (Å²) in [5.74, 6) is 0.543. The summed E-state index contributed by atoms with van der Waals surface area (Å²) in [7, 11) is 1.67. The molecule has 9 rings (SSSR count). The molecule has 1 unspecified atom stereocenters. The molecule has 0 spiro atoms. The number of piperidine rings is 3. The Bertz CT molecular complexity index is 2350. The number of hydrogen-bond donors (Lipinski definition) is 3. The Kier molecular flexibility index (Phi) is 10.1. The third kappa shape index (κ3) is 7.49. The third-order valence-electron chi connectivity index (χ3n) is 12.4. The van der Waals surface area contributed by atoms with E-state index in [0.29, 0.717) is 43.9 Å². The van der Waals surface area contributed by atoms with Crippen LogP contribution < -0.4 is 20.3 Å². The van der Waals surface area contributed by atoms with Crippen LogP contribution in [0.4, 0.5) is 11.6 Å². The lowest BCUT2D eigenvalue weighted by atomic mass is 9.83. The van der Waals surface area contributed by atoms with Crippen molar-refractivity contribution in [3.63, 3.8) is 0 Å². The second kappa shape index (κ2) is 15.5. The number of nitrogens with zero attached hydrogens (tertiary/aromatic N) is 7. The van der Waals surface area contributed by atoms with Crippen molar-refractivity contribution in [2.24, 2.45) is 0 Å². The van der Waals surface area contributed by atoms with E-state index in [0.717, 1.165) is 84.7 Å². The van der Waals surface area contributed by atoms with Gasteiger partial charge in [-0.05, 0) is 91.6 Å². The summed E-state index contributed by atoms with van der Waals surface area (Å²) in [6.07, 6.45) is 5.55. The van der Waals surface area contributed by atoms with E-state index in [1.165, 1.54) is 11.3 Å². The van der Waals surface area contributed by atoms with Crippen molar-refractivity contribution in [1.82, 2.24) is 34.9 Å². The van der Waals surface area contributed by atoms with Gasteiger partial charge in [0.15, 0.2) is 0 Å². The van der Waals surface area contributed by atoms with E-state index < -0.39 is 17.6 Å². The summed E-state index contributed by atoms with van der Waals surface area (Å²) in [6.45, 7) is 7.11. The van der Waals surface area contributed by atoms with Crippen LogP contribution in [0.15, 0.2) is 72.9 Å². The highest BCUT2D eigenvalue weighted by Crippen LogP contribution is 2.37. The fourth-order valence-corrected chi connectivity index (χ4v) is 8.98. The standard InChI is InChI=1S/C44H49N9O5/c1-28-40-38(53(49-28)26-30-5-10-35(58-2)11-6-30)24-45-43(48-40)46-33-15-19-51(20-16-33)34-8-3-29(4-9-34)25-50-21-17-44(57,18-22-50)32-7-12-36-31(23-32)27-52(42(36)56)37-13-14-39(54)47-41(37)55/h3-12,23-24,33,37,57H,13-22,25-27H2,1-2H3,(H,45,46,48)(H,47,54,55). The fraction of sp³-hybridized carbons (Fsp3) is 0.409. The minimum atomic E-state index is -0.985. The molecular weight excluding hydrogens is 735 g/mol. The van der Waals surface area contributed by atoms with Gasteiger partial charge >= 0.3 is 0 Å². The van der Waals surface area contributed by atoms with Crippen molar-refractivity contribution in [3.8, 4) is 5.75 Å². The summed E-state index contributed by atoms with van der Waals surface area (Å²) < 4.78 is 7.24. The minimum absolute atomic E-state index is 0.202. The molecule has 14 heteroatoms. The molecule has 0 aliphatic carbocycles. The van der Waals surface area contributed by atoms with E-state index in [1.807, 2.05) is 54.2 Å². The van der Waals surface area contributed by atoms with E-state index in [9.17, 15) is 19.5 Å². The Balaban J connectivity index is 0.747. The third-order valence-corrected chi connectivity index (χ3v) is 12.4. The molecule has 300 valence electrons. The van der Waals surface area contributed by atoms with Crippen LogP contribution in [-0.4, -0.2) is 97.7 Å². The van der Waals surface area contributed by atoms with Gasteiger partial charge in [0.05, 0.1) is 31.1 Å². The number of aromatic nitrogens is 4. The first-order chi connectivity index (χ1) is 28.1. The van der Waals surface area contributed by atoms with Gasteiger partial charge in [-0.1, -0.05) is 36.4 Å². The molecule has 6 heterocycles. The van der Waals surface area contributed by atoms with Crippen LogP contribution in [0, 0.1) is 6.92 Å². The normalized spacial score (nSPS) is 20.1. The molecule has 4 aliphatic heterocycles. The van der Waals surface area contributed by atoms with Crippen LogP contribution in [0.3, 0.4) is 0 Å². The number of ether oxygens (including phenoxy) is 1. The number of nitrogens with one attached hydrogen (secondary N) is 2. The Morgan fingerprint density at radius 2 is 1.64 bits per heavy atom. The number of carbonyl (C=O) groups excluding carboxylic acids is 3.